The average molecular weight is 283 g/mol. The molecule has 0 aliphatic carbocycles. The quantitative estimate of drug-likeness (QED) is 0.634. The van der Waals surface area contributed by atoms with Crippen LogP contribution >= 0.6 is 0 Å². The van der Waals surface area contributed by atoms with E-state index in [1.165, 1.54) is 0 Å². The maximum Gasteiger partial charge on any atom is 0.222 e. The van der Waals surface area contributed by atoms with Crippen molar-refractivity contribution in [1.82, 2.24) is 15.5 Å². The highest BCUT2D eigenvalue weighted by atomic mass is 16.2. The van der Waals surface area contributed by atoms with Crippen LogP contribution in [0.2, 0.25) is 0 Å². The second-order valence-electron chi connectivity index (χ2n) is 5.07. The van der Waals surface area contributed by atoms with Gasteiger partial charge in [0.15, 0.2) is 0 Å². The molecule has 1 rings (SSSR count). The molecule has 1 aliphatic rings. The number of hydrogen-bond acceptors (Lipinski definition) is 3. The fraction of sp³-hybridized carbons (Fsp3) is 0.786. The molecule has 0 radical (unpaired) electrons. The standard InChI is InChI=1S/C14H25N3O3/c1-15-12(18)6-2-4-9-16-13(19)8-11-17-10-5-3-7-14(17)20/h2-11H2,1H3,(H,15,18)(H,16,19). The normalized spacial score (nSPS) is 15.1. The van der Waals surface area contributed by atoms with Crippen molar-refractivity contribution < 1.29 is 14.4 Å². The Morgan fingerprint density at radius 1 is 1.15 bits per heavy atom. The van der Waals surface area contributed by atoms with Gasteiger partial charge in [0.25, 0.3) is 0 Å². The topological polar surface area (TPSA) is 78.5 Å². The van der Waals surface area contributed by atoms with Gasteiger partial charge in [-0.15, -0.1) is 0 Å². The summed E-state index contributed by atoms with van der Waals surface area (Å²) >= 11 is 0. The summed E-state index contributed by atoms with van der Waals surface area (Å²) in [5.41, 5.74) is 0. The first-order chi connectivity index (χ1) is 9.63. The largest absolute Gasteiger partial charge is 0.359 e. The third-order valence-electron chi connectivity index (χ3n) is 3.46. The maximum atomic E-state index is 11.6. The number of piperidine rings is 1. The van der Waals surface area contributed by atoms with Crippen LogP contribution in [0.1, 0.15) is 44.9 Å². The fourth-order valence-corrected chi connectivity index (χ4v) is 2.19. The summed E-state index contributed by atoms with van der Waals surface area (Å²) in [6.07, 6.45) is 5.03. The molecule has 0 bridgehead atoms. The minimum atomic E-state index is -0.0247. The van der Waals surface area contributed by atoms with Gasteiger partial charge in [-0.25, -0.2) is 0 Å². The summed E-state index contributed by atoms with van der Waals surface area (Å²) in [7, 11) is 1.62. The molecule has 0 saturated carbocycles. The summed E-state index contributed by atoms with van der Waals surface area (Å²) in [6.45, 7) is 1.88. The van der Waals surface area contributed by atoms with Gasteiger partial charge in [-0.1, -0.05) is 0 Å². The SMILES string of the molecule is CNC(=O)CCCCNC(=O)CCN1CCCCC1=O. The van der Waals surface area contributed by atoms with Gasteiger partial charge in [0.1, 0.15) is 0 Å². The van der Waals surface area contributed by atoms with E-state index in [1.54, 1.807) is 11.9 Å². The van der Waals surface area contributed by atoms with Crippen LogP contribution in [0, 0.1) is 0 Å². The van der Waals surface area contributed by atoms with Crippen LogP contribution < -0.4 is 10.6 Å². The molecule has 0 aromatic heterocycles. The molecule has 1 aliphatic heterocycles. The van der Waals surface area contributed by atoms with Crippen molar-refractivity contribution in [2.45, 2.75) is 44.9 Å². The van der Waals surface area contributed by atoms with E-state index in [2.05, 4.69) is 10.6 Å². The number of carbonyl (C=O) groups excluding carboxylic acids is 3. The summed E-state index contributed by atoms with van der Waals surface area (Å²) in [6, 6.07) is 0. The second-order valence-corrected chi connectivity index (χ2v) is 5.07. The van der Waals surface area contributed by atoms with Crippen LogP contribution in [0.5, 0.6) is 0 Å². The zero-order valence-electron chi connectivity index (χ0n) is 12.2. The number of unbranched alkanes of at least 4 members (excludes halogenated alkanes) is 1. The van der Waals surface area contributed by atoms with Crippen molar-refractivity contribution in [1.29, 1.82) is 0 Å². The van der Waals surface area contributed by atoms with Gasteiger partial charge in [-0.2, -0.15) is 0 Å². The third kappa shape index (κ3) is 6.54. The van der Waals surface area contributed by atoms with E-state index in [0.717, 1.165) is 32.2 Å². The Bertz CT molecular complexity index is 345. The highest BCUT2D eigenvalue weighted by molar-refractivity contribution is 5.79. The van der Waals surface area contributed by atoms with Gasteiger partial charge in [0.05, 0.1) is 0 Å². The molecule has 6 heteroatoms. The van der Waals surface area contributed by atoms with Crippen LogP contribution in [0.15, 0.2) is 0 Å². The molecule has 6 nitrogen and oxygen atoms in total. The van der Waals surface area contributed by atoms with Crippen molar-refractivity contribution in [3.05, 3.63) is 0 Å². The number of rotatable bonds is 8. The summed E-state index contributed by atoms with van der Waals surface area (Å²) in [4.78, 5) is 35.9. The van der Waals surface area contributed by atoms with Gasteiger partial charge >= 0.3 is 0 Å². The molecule has 1 heterocycles. The lowest BCUT2D eigenvalue weighted by molar-refractivity contribution is -0.133. The number of nitrogens with zero attached hydrogens (tertiary/aromatic N) is 1. The van der Waals surface area contributed by atoms with Crippen LogP contribution in [0.3, 0.4) is 0 Å². The van der Waals surface area contributed by atoms with E-state index < -0.39 is 0 Å². The van der Waals surface area contributed by atoms with Crippen molar-refractivity contribution in [2.75, 3.05) is 26.7 Å². The smallest absolute Gasteiger partial charge is 0.222 e. The summed E-state index contributed by atoms with van der Waals surface area (Å²) < 4.78 is 0. The Kier molecular flexibility index (Phi) is 7.69. The molecule has 3 amide bonds. The molecule has 1 saturated heterocycles. The molecule has 0 unspecified atom stereocenters. The van der Waals surface area contributed by atoms with Crippen LogP contribution in [0.4, 0.5) is 0 Å². The highest BCUT2D eigenvalue weighted by Gasteiger charge is 2.18. The zero-order chi connectivity index (χ0) is 14.8. The van der Waals surface area contributed by atoms with E-state index >= 15 is 0 Å². The lowest BCUT2D eigenvalue weighted by Crippen LogP contribution is -2.38. The first-order valence-electron chi connectivity index (χ1n) is 7.38. The molecular weight excluding hydrogens is 258 g/mol. The van der Waals surface area contributed by atoms with Crippen LogP contribution in [-0.2, 0) is 14.4 Å². The zero-order valence-corrected chi connectivity index (χ0v) is 12.2. The third-order valence-corrected chi connectivity index (χ3v) is 3.46. The van der Waals surface area contributed by atoms with E-state index in [9.17, 15) is 14.4 Å². The van der Waals surface area contributed by atoms with E-state index in [-0.39, 0.29) is 17.7 Å². The fourth-order valence-electron chi connectivity index (χ4n) is 2.19. The predicted octanol–water partition coefficient (Wildman–Crippen LogP) is 0.422. The Hall–Kier alpha value is -1.59. The minimum Gasteiger partial charge on any atom is -0.359 e. The van der Waals surface area contributed by atoms with Crippen molar-refractivity contribution in [3.8, 4) is 0 Å². The summed E-state index contributed by atoms with van der Waals surface area (Å²) in [5.74, 6) is 0.165. The molecule has 0 aromatic rings. The number of nitrogens with one attached hydrogen (secondary N) is 2. The molecule has 2 N–H and O–H groups in total. The van der Waals surface area contributed by atoms with Crippen molar-refractivity contribution in [3.63, 3.8) is 0 Å². The highest BCUT2D eigenvalue weighted by Crippen LogP contribution is 2.10. The average Bonchev–Trinajstić information content (AvgIpc) is 2.45. The van der Waals surface area contributed by atoms with Gasteiger partial charge in [-0.05, 0) is 25.7 Å². The first kappa shape index (κ1) is 16.5. The van der Waals surface area contributed by atoms with Gasteiger partial charge in [0.2, 0.25) is 17.7 Å². The number of likely N-dealkylation sites (tertiary alicyclic amines) is 1. The number of amides is 3. The Labute approximate surface area is 120 Å². The number of hydrogen-bond donors (Lipinski definition) is 2. The lowest BCUT2D eigenvalue weighted by atomic mass is 10.1. The maximum absolute atomic E-state index is 11.6. The van der Waals surface area contributed by atoms with Gasteiger partial charge in [-0.3, -0.25) is 14.4 Å². The van der Waals surface area contributed by atoms with Gasteiger partial charge in [0, 0.05) is 45.9 Å². The minimum absolute atomic E-state index is 0.0247. The monoisotopic (exact) mass is 283 g/mol. The van der Waals surface area contributed by atoms with Crippen LogP contribution in [-0.4, -0.2) is 49.3 Å². The van der Waals surface area contributed by atoms with E-state index in [1.807, 2.05) is 0 Å². The Morgan fingerprint density at radius 2 is 1.95 bits per heavy atom. The molecule has 20 heavy (non-hydrogen) atoms. The molecule has 0 atom stereocenters. The van der Waals surface area contributed by atoms with Crippen LogP contribution in [0.25, 0.3) is 0 Å². The number of carbonyl (C=O) groups is 3. The lowest BCUT2D eigenvalue weighted by Gasteiger charge is -2.26. The van der Waals surface area contributed by atoms with Gasteiger partial charge < -0.3 is 15.5 Å². The Morgan fingerprint density at radius 3 is 2.65 bits per heavy atom. The van der Waals surface area contributed by atoms with Crippen molar-refractivity contribution >= 4 is 17.7 Å². The molecular formula is C14H25N3O3. The van der Waals surface area contributed by atoms with E-state index in [0.29, 0.717) is 32.4 Å². The molecule has 114 valence electrons. The van der Waals surface area contributed by atoms with E-state index in [4.69, 9.17) is 0 Å². The molecule has 0 spiro atoms. The Balaban J connectivity index is 2.02. The summed E-state index contributed by atoms with van der Waals surface area (Å²) in [5, 5.41) is 5.38. The second kappa shape index (κ2) is 9.34. The molecule has 1 fully saturated rings. The first-order valence-corrected chi connectivity index (χ1v) is 7.38. The predicted molar refractivity (Wildman–Crippen MR) is 76.0 cm³/mol. The van der Waals surface area contributed by atoms with Crippen molar-refractivity contribution in [2.24, 2.45) is 0 Å². The molecule has 0 aromatic carbocycles.